The van der Waals surface area contributed by atoms with Crippen molar-refractivity contribution < 1.29 is 9.53 Å². The molecule has 1 aliphatic rings. The third kappa shape index (κ3) is 3.14. The van der Waals surface area contributed by atoms with Crippen molar-refractivity contribution >= 4 is 17.5 Å². The van der Waals surface area contributed by atoms with Gasteiger partial charge < -0.3 is 15.4 Å². The lowest BCUT2D eigenvalue weighted by atomic mass is 9.91. The van der Waals surface area contributed by atoms with Crippen LogP contribution in [-0.2, 0) is 9.53 Å². The highest BCUT2D eigenvalue weighted by atomic mass is 35.5. The Labute approximate surface area is 124 Å². The Hall–Kier alpha value is -1.10. The van der Waals surface area contributed by atoms with Crippen molar-refractivity contribution in [1.29, 1.82) is 0 Å². The molecular formula is C15H21ClN2O2. The van der Waals surface area contributed by atoms with Gasteiger partial charge in [0.05, 0.1) is 18.6 Å². The van der Waals surface area contributed by atoms with E-state index in [2.05, 4.69) is 0 Å². The number of benzene rings is 1. The van der Waals surface area contributed by atoms with Gasteiger partial charge in [0.15, 0.2) is 0 Å². The molecule has 110 valence electrons. The molecule has 1 aromatic rings. The lowest BCUT2D eigenvalue weighted by molar-refractivity contribution is -0.147. The summed E-state index contributed by atoms with van der Waals surface area (Å²) in [7, 11) is 0. The molecule has 1 saturated heterocycles. The quantitative estimate of drug-likeness (QED) is 0.930. The number of hydrogen-bond acceptors (Lipinski definition) is 3. The summed E-state index contributed by atoms with van der Waals surface area (Å²) < 4.78 is 5.76. The highest BCUT2D eigenvalue weighted by molar-refractivity contribution is 6.31. The van der Waals surface area contributed by atoms with Crippen molar-refractivity contribution in [2.45, 2.75) is 20.0 Å². The van der Waals surface area contributed by atoms with Gasteiger partial charge >= 0.3 is 0 Å². The minimum Gasteiger partial charge on any atom is -0.370 e. The van der Waals surface area contributed by atoms with Gasteiger partial charge in [-0.2, -0.15) is 0 Å². The molecule has 20 heavy (non-hydrogen) atoms. The first-order valence-electron chi connectivity index (χ1n) is 6.81. The highest BCUT2D eigenvalue weighted by Gasteiger charge is 2.34. The minimum absolute atomic E-state index is 0.0698. The molecule has 0 spiro atoms. The minimum atomic E-state index is -0.539. The average molecular weight is 297 g/mol. The van der Waals surface area contributed by atoms with Crippen molar-refractivity contribution in [2.24, 2.45) is 11.1 Å². The van der Waals surface area contributed by atoms with Gasteiger partial charge in [-0.05, 0) is 19.9 Å². The van der Waals surface area contributed by atoms with E-state index in [9.17, 15) is 4.79 Å². The number of carbonyl (C=O) groups is 1. The van der Waals surface area contributed by atoms with E-state index in [1.165, 1.54) is 0 Å². The summed E-state index contributed by atoms with van der Waals surface area (Å²) >= 11 is 6.20. The zero-order valence-corrected chi connectivity index (χ0v) is 12.7. The van der Waals surface area contributed by atoms with Gasteiger partial charge in [-0.25, -0.2) is 0 Å². The molecule has 1 aliphatic heterocycles. The van der Waals surface area contributed by atoms with Crippen LogP contribution in [0.4, 0.5) is 0 Å². The molecule has 5 heteroatoms. The topological polar surface area (TPSA) is 55.6 Å². The number of ether oxygens (including phenoxy) is 1. The predicted octanol–water partition coefficient (Wildman–Crippen LogP) is 2.22. The van der Waals surface area contributed by atoms with Gasteiger partial charge in [0.25, 0.3) is 0 Å². The Morgan fingerprint density at radius 2 is 2.20 bits per heavy atom. The maximum Gasteiger partial charge on any atom is 0.229 e. The zero-order valence-electron chi connectivity index (χ0n) is 11.9. The fraction of sp³-hybridized carbons (Fsp3) is 0.533. The number of morpholine rings is 1. The van der Waals surface area contributed by atoms with Crippen LogP contribution in [0, 0.1) is 5.41 Å². The lowest BCUT2D eigenvalue weighted by Gasteiger charge is -2.37. The number of rotatable bonds is 3. The average Bonchev–Trinajstić information content (AvgIpc) is 2.47. The van der Waals surface area contributed by atoms with Gasteiger partial charge in [-0.1, -0.05) is 29.8 Å². The maximum atomic E-state index is 12.5. The molecule has 1 amide bonds. The highest BCUT2D eigenvalue weighted by Crippen LogP contribution is 2.29. The summed E-state index contributed by atoms with van der Waals surface area (Å²) in [6.07, 6.45) is -0.171. The van der Waals surface area contributed by atoms with E-state index in [1.807, 2.05) is 43.0 Å². The molecule has 0 unspecified atom stereocenters. The van der Waals surface area contributed by atoms with Crippen LogP contribution >= 0.6 is 11.6 Å². The van der Waals surface area contributed by atoms with Gasteiger partial charge in [0.1, 0.15) is 6.10 Å². The summed E-state index contributed by atoms with van der Waals surface area (Å²) in [4.78, 5) is 14.3. The van der Waals surface area contributed by atoms with Gasteiger partial charge in [-0.15, -0.1) is 0 Å². The number of amides is 1. The van der Waals surface area contributed by atoms with E-state index in [1.54, 1.807) is 0 Å². The smallest absolute Gasteiger partial charge is 0.229 e. The second-order valence-corrected chi connectivity index (χ2v) is 6.13. The number of carbonyl (C=O) groups excluding carboxylic acids is 1. The molecule has 0 saturated carbocycles. The maximum absolute atomic E-state index is 12.5. The summed E-state index contributed by atoms with van der Waals surface area (Å²) in [5.41, 5.74) is 6.07. The SMILES string of the molecule is CC(C)(CN)C(=O)N1CCO[C@H](c2ccccc2Cl)C1. The van der Waals surface area contributed by atoms with Crippen molar-refractivity contribution in [3.05, 3.63) is 34.9 Å². The zero-order chi connectivity index (χ0) is 14.8. The van der Waals surface area contributed by atoms with Gasteiger partial charge in [0.2, 0.25) is 5.91 Å². The molecule has 2 rings (SSSR count). The van der Waals surface area contributed by atoms with Crippen LogP contribution in [0.15, 0.2) is 24.3 Å². The molecule has 1 fully saturated rings. The second kappa shape index (κ2) is 6.12. The van der Waals surface area contributed by atoms with Crippen LogP contribution in [-0.4, -0.2) is 37.0 Å². The fourth-order valence-corrected chi connectivity index (χ4v) is 2.53. The molecule has 2 N–H and O–H groups in total. The molecule has 0 bridgehead atoms. The Kier molecular flexibility index (Phi) is 4.68. The molecule has 1 aromatic carbocycles. The first-order valence-corrected chi connectivity index (χ1v) is 7.19. The monoisotopic (exact) mass is 296 g/mol. The summed E-state index contributed by atoms with van der Waals surface area (Å²) in [5, 5.41) is 0.671. The third-order valence-electron chi connectivity index (χ3n) is 3.70. The number of nitrogens with zero attached hydrogens (tertiary/aromatic N) is 1. The molecule has 0 radical (unpaired) electrons. The summed E-state index contributed by atoms with van der Waals surface area (Å²) in [5.74, 6) is 0.0698. The Morgan fingerprint density at radius 3 is 2.85 bits per heavy atom. The standard InChI is InChI=1S/C15H21ClN2O2/c1-15(2,10-17)14(19)18-7-8-20-13(9-18)11-5-3-4-6-12(11)16/h3-6,13H,7-10,17H2,1-2H3/t13-/m0/s1. The Bertz CT molecular complexity index is 491. The van der Waals surface area contributed by atoms with Crippen LogP contribution in [0.1, 0.15) is 25.5 Å². The van der Waals surface area contributed by atoms with Crippen molar-refractivity contribution in [1.82, 2.24) is 4.90 Å². The lowest BCUT2D eigenvalue weighted by Crippen LogP contribution is -2.49. The van der Waals surface area contributed by atoms with Crippen LogP contribution in [0.25, 0.3) is 0 Å². The molecular weight excluding hydrogens is 276 g/mol. The van der Waals surface area contributed by atoms with E-state index >= 15 is 0 Å². The largest absolute Gasteiger partial charge is 0.370 e. The normalized spacial score (nSPS) is 20.0. The molecule has 0 aromatic heterocycles. The van der Waals surface area contributed by atoms with Crippen molar-refractivity contribution in [3.8, 4) is 0 Å². The molecule has 1 atom stereocenters. The molecule has 1 heterocycles. The Balaban J connectivity index is 2.14. The number of nitrogens with two attached hydrogens (primary N) is 1. The Morgan fingerprint density at radius 1 is 1.50 bits per heavy atom. The summed E-state index contributed by atoms with van der Waals surface area (Å²) in [6, 6.07) is 7.59. The van der Waals surface area contributed by atoms with Crippen molar-refractivity contribution in [2.75, 3.05) is 26.2 Å². The number of hydrogen-bond donors (Lipinski definition) is 1. The van der Waals surface area contributed by atoms with Crippen LogP contribution in [0.2, 0.25) is 5.02 Å². The predicted molar refractivity (Wildman–Crippen MR) is 79.6 cm³/mol. The first kappa shape index (κ1) is 15.3. The fourth-order valence-electron chi connectivity index (χ4n) is 2.27. The second-order valence-electron chi connectivity index (χ2n) is 5.72. The van der Waals surface area contributed by atoms with E-state index in [0.717, 1.165) is 5.56 Å². The van der Waals surface area contributed by atoms with E-state index in [0.29, 0.717) is 31.3 Å². The van der Waals surface area contributed by atoms with E-state index < -0.39 is 5.41 Å². The van der Waals surface area contributed by atoms with Crippen LogP contribution in [0.5, 0.6) is 0 Å². The number of halogens is 1. The van der Waals surface area contributed by atoms with E-state index in [-0.39, 0.29) is 12.0 Å². The first-order chi connectivity index (χ1) is 9.45. The van der Waals surface area contributed by atoms with Crippen LogP contribution in [0.3, 0.4) is 0 Å². The van der Waals surface area contributed by atoms with Crippen molar-refractivity contribution in [3.63, 3.8) is 0 Å². The van der Waals surface area contributed by atoms with Gasteiger partial charge in [0, 0.05) is 23.7 Å². The van der Waals surface area contributed by atoms with Crippen LogP contribution < -0.4 is 5.73 Å². The molecule has 0 aliphatic carbocycles. The van der Waals surface area contributed by atoms with Gasteiger partial charge in [-0.3, -0.25) is 4.79 Å². The summed E-state index contributed by atoms with van der Waals surface area (Å²) in [6.45, 7) is 5.71. The third-order valence-corrected chi connectivity index (χ3v) is 4.04. The molecule has 4 nitrogen and oxygen atoms in total. The van der Waals surface area contributed by atoms with E-state index in [4.69, 9.17) is 22.1 Å².